The summed E-state index contributed by atoms with van der Waals surface area (Å²) in [5, 5.41) is 0.815. The Labute approximate surface area is 195 Å². The highest BCUT2D eigenvalue weighted by molar-refractivity contribution is 7.22. The monoisotopic (exact) mass is 451 g/mol. The molecule has 0 bridgehead atoms. The number of fused-ring (bicyclic) bond motifs is 1. The first-order chi connectivity index (χ1) is 15.4. The topological polar surface area (TPSA) is 45.7 Å². The van der Waals surface area contributed by atoms with Crippen LogP contribution >= 0.6 is 11.3 Å². The molecule has 5 nitrogen and oxygen atoms in total. The summed E-state index contributed by atoms with van der Waals surface area (Å²) in [7, 11) is 0. The third-order valence-corrected chi connectivity index (χ3v) is 7.48. The number of ether oxygens (including phenoxy) is 1. The standard InChI is InChI=1S/C26H33N3O2S/c1-18-6-7-19(2)22(16-18)17-23(30)29(11-5-10-28-12-14-31-15-13-28)26-27-24-20(3)8-9-21(4)25(24)32-26/h6-9,16H,5,10-15,17H2,1-4H3. The van der Waals surface area contributed by atoms with Gasteiger partial charge in [-0.2, -0.15) is 0 Å². The Kier molecular flexibility index (Phi) is 7.23. The van der Waals surface area contributed by atoms with Gasteiger partial charge in [-0.3, -0.25) is 14.6 Å². The van der Waals surface area contributed by atoms with Crippen LogP contribution in [-0.4, -0.2) is 55.2 Å². The van der Waals surface area contributed by atoms with Gasteiger partial charge in [0.15, 0.2) is 5.13 Å². The van der Waals surface area contributed by atoms with E-state index in [0.29, 0.717) is 13.0 Å². The van der Waals surface area contributed by atoms with Crippen LogP contribution in [0.15, 0.2) is 30.3 Å². The lowest BCUT2D eigenvalue weighted by atomic mass is 10.0. The maximum Gasteiger partial charge on any atom is 0.233 e. The second-order valence-electron chi connectivity index (χ2n) is 8.83. The van der Waals surface area contributed by atoms with Crippen LogP contribution in [0.2, 0.25) is 0 Å². The number of hydrogen-bond acceptors (Lipinski definition) is 5. The fourth-order valence-electron chi connectivity index (χ4n) is 4.22. The number of morpholine rings is 1. The van der Waals surface area contributed by atoms with Crippen molar-refractivity contribution in [3.05, 3.63) is 58.1 Å². The van der Waals surface area contributed by atoms with Crippen molar-refractivity contribution in [3.63, 3.8) is 0 Å². The van der Waals surface area contributed by atoms with E-state index in [2.05, 4.69) is 62.9 Å². The second-order valence-corrected chi connectivity index (χ2v) is 9.81. The molecular formula is C26H33N3O2S. The number of aryl methyl sites for hydroxylation is 4. The SMILES string of the molecule is Cc1ccc(C)c(CC(=O)N(CCCN2CCOCC2)c2nc3c(C)ccc(C)c3s2)c1. The van der Waals surface area contributed by atoms with Gasteiger partial charge in [0.1, 0.15) is 0 Å². The van der Waals surface area contributed by atoms with Crippen molar-refractivity contribution in [1.29, 1.82) is 0 Å². The molecule has 0 atom stereocenters. The van der Waals surface area contributed by atoms with Gasteiger partial charge in [0.25, 0.3) is 0 Å². The molecule has 0 aliphatic carbocycles. The molecule has 1 amide bonds. The second kappa shape index (κ2) is 10.1. The fraction of sp³-hybridized carbons (Fsp3) is 0.462. The summed E-state index contributed by atoms with van der Waals surface area (Å²) < 4.78 is 6.64. The molecule has 0 spiro atoms. The van der Waals surface area contributed by atoms with Crippen molar-refractivity contribution in [2.45, 2.75) is 40.5 Å². The molecule has 6 heteroatoms. The average molecular weight is 452 g/mol. The molecular weight excluding hydrogens is 418 g/mol. The molecule has 2 heterocycles. The van der Waals surface area contributed by atoms with Crippen LogP contribution in [0.4, 0.5) is 5.13 Å². The van der Waals surface area contributed by atoms with E-state index in [-0.39, 0.29) is 5.91 Å². The van der Waals surface area contributed by atoms with Gasteiger partial charge in [-0.05, 0) is 56.4 Å². The molecule has 1 aliphatic rings. The van der Waals surface area contributed by atoms with Crippen molar-refractivity contribution in [3.8, 4) is 0 Å². The fourth-order valence-corrected chi connectivity index (χ4v) is 5.37. The molecule has 4 rings (SSSR count). The van der Waals surface area contributed by atoms with E-state index >= 15 is 0 Å². The van der Waals surface area contributed by atoms with E-state index < -0.39 is 0 Å². The molecule has 1 aliphatic heterocycles. The zero-order valence-electron chi connectivity index (χ0n) is 19.6. The first-order valence-electron chi connectivity index (χ1n) is 11.5. The summed E-state index contributed by atoms with van der Waals surface area (Å²) in [6.07, 6.45) is 1.32. The number of thiazole rings is 1. The smallest absolute Gasteiger partial charge is 0.233 e. The maximum atomic E-state index is 13.6. The zero-order chi connectivity index (χ0) is 22.7. The van der Waals surface area contributed by atoms with Crippen LogP contribution in [0.25, 0.3) is 10.2 Å². The predicted molar refractivity (Wildman–Crippen MR) is 133 cm³/mol. The molecule has 0 unspecified atom stereocenters. The lowest BCUT2D eigenvalue weighted by Crippen LogP contribution is -2.39. The number of nitrogens with zero attached hydrogens (tertiary/aromatic N) is 3. The third-order valence-electron chi connectivity index (χ3n) is 6.27. The minimum atomic E-state index is 0.120. The van der Waals surface area contributed by atoms with E-state index in [1.165, 1.54) is 15.8 Å². The molecule has 1 aromatic heterocycles. The molecule has 1 fully saturated rings. The Morgan fingerprint density at radius 3 is 2.53 bits per heavy atom. The molecule has 0 saturated carbocycles. The van der Waals surface area contributed by atoms with E-state index in [4.69, 9.17) is 9.72 Å². The Morgan fingerprint density at radius 2 is 1.78 bits per heavy atom. The van der Waals surface area contributed by atoms with Crippen LogP contribution in [0, 0.1) is 27.7 Å². The van der Waals surface area contributed by atoms with Crippen LogP contribution < -0.4 is 4.90 Å². The highest BCUT2D eigenvalue weighted by atomic mass is 32.1. The van der Waals surface area contributed by atoms with Crippen molar-refractivity contribution < 1.29 is 9.53 Å². The van der Waals surface area contributed by atoms with E-state index in [1.54, 1.807) is 11.3 Å². The average Bonchev–Trinajstić information content (AvgIpc) is 3.23. The Morgan fingerprint density at radius 1 is 1.06 bits per heavy atom. The first kappa shape index (κ1) is 22.9. The molecule has 1 saturated heterocycles. The van der Waals surface area contributed by atoms with Crippen LogP contribution in [-0.2, 0) is 16.0 Å². The minimum absolute atomic E-state index is 0.120. The van der Waals surface area contributed by atoms with Crippen LogP contribution in [0.5, 0.6) is 0 Å². The maximum absolute atomic E-state index is 13.6. The number of anilines is 1. The lowest BCUT2D eigenvalue weighted by Gasteiger charge is -2.28. The van der Waals surface area contributed by atoms with Crippen molar-refractivity contribution >= 4 is 32.6 Å². The van der Waals surface area contributed by atoms with Gasteiger partial charge in [0.05, 0.1) is 29.9 Å². The highest BCUT2D eigenvalue weighted by Gasteiger charge is 2.22. The van der Waals surface area contributed by atoms with Crippen molar-refractivity contribution in [1.82, 2.24) is 9.88 Å². The van der Waals surface area contributed by atoms with Crippen LogP contribution in [0.1, 0.15) is 34.2 Å². The predicted octanol–water partition coefficient (Wildman–Crippen LogP) is 4.83. The Bertz CT molecular complexity index is 1060. The Hall–Kier alpha value is -2.28. The summed E-state index contributed by atoms with van der Waals surface area (Å²) in [5.41, 5.74) is 6.83. The normalized spacial score (nSPS) is 14.8. The summed E-state index contributed by atoms with van der Waals surface area (Å²) >= 11 is 1.64. The molecule has 32 heavy (non-hydrogen) atoms. The molecule has 170 valence electrons. The number of rotatable bonds is 7. The summed E-state index contributed by atoms with van der Waals surface area (Å²) in [6, 6.07) is 10.6. The lowest BCUT2D eigenvalue weighted by molar-refractivity contribution is -0.118. The van der Waals surface area contributed by atoms with Gasteiger partial charge in [0.2, 0.25) is 5.91 Å². The molecule has 0 N–H and O–H groups in total. The molecule has 3 aromatic rings. The molecule has 2 aromatic carbocycles. The van der Waals surface area contributed by atoms with Gasteiger partial charge in [-0.15, -0.1) is 0 Å². The molecule has 0 radical (unpaired) electrons. The number of benzene rings is 2. The van der Waals surface area contributed by atoms with Gasteiger partial charge in [0, 0.05) is 26.2 Å². The number of aromatic nitrogens is 1. The van der Waals surface area contributed by atoms with E-state index in [9.17, 15) is 4.79 Å². The largest absolute Gasteiger partial charge is 0.379 e. The third kappa shape index (κ3) is 5.20. The van der Waals surface area contributed by atoms with E-state index in [1.807, 2.05) is 4.90 Å². The number of amides is 1. The summed E-state index contributed by atoms with van der Waals surface area (Å²) in [5.74, 6) is 0.120. The van der Waals surface area contributed by atoms with Gasteiger partial charge in [-0.1, -0.05) is 47.2 Å². The van der Waals surface area contributed by atoms with Crippen molar-refractivity contribution in [2.75, 3.05) is 44.3 Å². The number of hydrogen-bond donors (Lipinski definition) is 0. The minimum Gasteiger partial charge on any atom is -0.379 e. The Balaban J connectivity index is 1.58. The quantitative estimate of drug-likeness (QED) is 0.516. The van der Waals surface area contributed by atoms with Crippen LogP contribution in [0.3, 0.4) is 0 Å². The van der Waals surface area contributed by atoms with E-state index in [0.717, 1.165) is 66.6 Å². The summed E-state index contributed by atoms with van der Waals surface area (Å²) in [6.45, 7) is 13.5. The number of carbonyl (C=O) groups excluding carboxylic acids is 1. The van der Waals surface area contributed by atoms with Crippen molar-refractivity contribution in [2.24, 2.45) is 0 Å². The highest BCUT2D eigenvalue weighted by Crippen LogP contribution is 2.33. The van der Waals surface area contributed by atoms with Gasteiger partial charge in [-0.25, -0.2) is 4.98 Å². The zero-order valence-corrected chi connectivity index (χ0v) is 20.4. The number of carbonyl (C=O) groups is 1. The van der Waals surface area contributed by atoms with Gasteiger partial charge >= 0.3 is 0 Å². The van der Waals surface area contributed by atoms with Gasteiger partial charge < -0.3 is 4.74 Å². The summed E-state index contributed by atoms with van der Waals surface area (Å²) in [4.78, 5) is 22.8. The first-order valence-corrected chi connectivity index (χ1v) is 12.3.